The Morgan fingerprint density at radius 1 is 0.917 bits per heavy atom. The third-order valence-electron chi connectivity index (χ3n) is 5.64. The summed E-state index contributed by atoms with van der Waals surface area (Å²) in [5.74, 6) is -10.0. The second kappa shape index (κ2) is 10.6. The fourth-order valence-electron chi connectivity index (χ4n) is 3.99. The molecule has 0 saturated carbocycles. The molecular formula is C27H21F4N3O2. The van der Waals surface area contributed by atoms with Gasteiger partial charge in [0.1, 0.15) is 0 Å². The van der Waals surface area contributed by atoms with Crippen molar-refractivity contribution >= 4 is 11.7 Å². The Morgan fingerprint density at radius 3 is 2.08 bits per heavy atom. The highest BCUT2D eigenvalue weighted by Gasteiger charge is 2.34. The lowest BCUT2D eigenvalue weighted by Gasteiger charge is -2.22. The quantitative estimate of drug-likeness (QED) is 0.182. The standard InChI is InChI=1S/C27H21F4N3O2/c1-2-36-26-23(30)21(28)20(22(29)24(26)31)17(13-19(35)15-9-5-3-6-10-15)18-14-33-27(32)34-25(18)16-11-7-4-8-12-16/h3-12,14,17H,2,13H2,1H3,(H2,32,33,34). The fraction of sp³-hybridized carbons (Fsp3) is 0.148. The van der Waals surface area contributed by atoms with E-state index in [0.717, 1.165) is 0 Å². The van der Waals surface area contributed by atoms with E-state index in [0.29, 0.717) is 5.56 Å². The summed E-state index contributed by atoms with van der Waals surface area (Å²) in [6.45, 7) is 1.20. The molecule has 1 heterocycles. The molecule has 9 heteroatoms. The van der Waals surface area contributed by atoms with Crippen LogP contribution in [-0.4, -0.2) is 22.4 Å². The molecule has 1 atom stereocenters. The summed E-state index contributed by atoms with van der Waals surface area (Å²) >= 11 is 0. The van der Waals surface area contributed by atoms with Gasteiger partial charge in [-0.1, -0.05) is 60.7 Å². The highest BCUT2D eigenvalue weighted by Crippen LogP contribution is 2.41. The topological polar surface area (TPSA) is 78.1 Å². The number of ether oxygens (including phenoxy) is 1. The molecule has 5 nitrogen and oxygen atoms in total. The molecule has 0 spiro atoms. The lowest BCUT2D eigenvalue weighted by molar-refractivity contribution is 0.0976. The zero-order chi connectivity index (χ0) is 25.8. The van der Waals surface area contributed by atoms with Crippen molar-refractivity contribution in [2.75, 3.05) is 12.3 Å². The number of anilines is 1. The fourth-order valence-corrected chi connectivity index (χ4v) is 3.99. The largest absolute Gasteiger partial charge is 0.488 e. The van der Waals surface area contributed by atoms with Crippen LogP contribution in [0.5, 0.6) is 5.75 Å². The van der Waals surface area contributed by atoms with Gasteiger partial charge in [0, 0.05) is 40.8 Å². The number of nitrogens with two attached hydrogens (primary N) is 1. The van der Waals surface area contributed by atoms with Crippen molar-refractivity contribution in [3.8, 4) is 17.0 Å². The molecule has 0 aliphatic carbocycles. The Bertz CT molecular complexity index is 1370. The number of carbonyl (C=O) groups is 1. The smallest absolute Gasteiger partial charge is 0.220 e. The Hall–Kier alpha value is -4.27. The van der Waals surface area contributed by atoms with Crippen LogP contribution in [0.4, 0.5) is 23.5 Å². The summed E-state index contributed by atoms with van der Waals surface area (Å²) in [4.78, 5) is 21.3. The number of hydrogen-bond acceptors (Lipinski definition) is 5. The molecule has 3 aromatic carbocycles. The van der Waals surface area contributed by atoms with E-state index in [2.05, 4.69) is 9.97 Å². The molecule has 0 bridgehead atoms. The maximum Gasteiger partial charge on any atom is 0.220 e. The minimum atomic E-state index is -1.69. The molecule has 2 N–H and O–H groups in total. The molecule has 0 aliphatic heterocycles. The molecule has 1 aromatic heterocycles. The first-order valence-corrected chi connectivity index (χ1v) is 11.1. The maximum absolute atomic E-state index is 15.4. The first-order valence-electron chi connectivity index (χ1n) is 11.1. The predicted octanol–water partition coefficient (Wildman–Crippen LogP) is 6.09. The summed E-state index contributed by atoms with van der Waals surface area (Å²) < 4.78 is 65.3. The third-order valence-corrected chi connectivity index (χ3v) is 5.64. The Morgan fingerprint density at radius 2 is 1.50 bits per heavy atom. The van der Waals surface area contributed by atoms with Crippen molar-refractivity contribution < 1.29 is 27.1 Å². The molecule has 4 aromatic rings. The van der Waals surface area contributed by atoms with E-state index in [1.165, 1.54) is 25.3 Å². The average molecular weight is 495 g/mol. The number of aromatic nitrogens is 2. The minimum Gasteiger partial charge on any atom is -0.488 e. The number of nitrogen functional groups attached to an aromatic ring is 1. The molecular weight excluding hydrogens is 474 g/mol. The number of nitrogens with zero attached hydrogens (tertiary/aromatic N) is 2. The molecule has 4 rings (SSSR count). The van der Waals surface area contributed by atoms with Crippen LogP contribution in [0.2, 0.25) is 0 Å². The Balaban J connectivity index is 1.97. The lowest BCUT2D eigenvalue weighted by atomic mass is 9.83. The predicted molar refractivity (Wildman–Crippen MR) is 127 cm³/mol. The van der Waals surface area contributed by atoms with Crippen LogP contribution >= 0.6 is 0 Å². The van der Waals surface area contributed by atoms with Crippen LogP contribution in [0.1, 0.15) is 40.7 Å². The number of rotatable bonds is 8. The van der Waals surface area contributed by atoms with Gasteiger partial charge in [-0.2, -0.15) is 8.78 Å². The maximum atomic E-state index is 15.4. The van der Waals surface area contributed by atoms with Crippen molar-refractivity contribution in [2.24, 2.45) is 0 Å². The van der Waals surface area contributed by atoms with Gasteiger partial charge in [0.2, 0.25) is 17.6 Å². The first kappa shape index (κ1) is 24.8. The van der Waals surface area contributed by atoms with Crippen LogP contribution < -0.4 is 10.5 Å². The van der Waals surface area contributed by atoms with Crippen LogP contribution in [-0.2, 0) is 0 Å². The molecule has 1 unspecified atom stereocenters. The summed E-state index contributed by atoms with van der Waals surface area (Å²) in [6.07, 6.45) is 0.677. The zero-order valence-electron chi connectivity index (χ0n) is 19.1. The van der Waals surface area contributed by atoms with Crippen LogP contribution in [0.25, 0.3) is 11.3 Å². The third kappa shape index (κ3) is 4.77. The van der Waals surface area contributed by atoms with E-state index in [4.69, 9.17) is 10.5 Å². The van der Waals surface area contributed by atoms with Gasteiger partial charge >= 0.3 is 0 Å². The van der Waals surface area contributed by atoms with E-state index in [1.807, 2.05) is 0 Å². The monoisotopic (exact) mass is 495 g/mol. The highest BCUT2D eigenvalue weighted by atomic mass is 19.2. The SMILES string of the molecule is CCOc1c(F)c(F)c(C(CC(=O)c2ccccc2)c2cnc(N)nc2-c2ccccc2)c(F)c1F. The molecule has 184 valence electrons. The normalized spacial score (nSPS) is 11.8. The Labute approximate surface area is 204 Å². The van der Waals surface area contributed by atoms with Crippen molar-refractivity contribution in [1.29, 1.82) is 0 Å². The number of benzene rings is 3. The van der Waals surface area contributed by atoms with Gasteiger partial charge in [-0.25, -0.2) is 18.7 Å². The van der Waals surface area contributed by atoms with E-state index >= 15 is 8.78 Å². The second-order valence-electron chi connectivity index (χ2n) is 7.88. The van der Waals surface area contributed by atoms with Crippen molar-refractivity contribution in [3.63, 3.8) is 0 Å². The summed E-state index contributed by atoms with van der Waals surface area (Å²) in [5.41, 5.74) is 5.82. The molecule has 0 amide bonds. The van der Waals surface area contributed by atoms with E-state index in [9.17, 15) is 13.6 Å². The van der Waals surface area contributed by atoms with E-state index < -0.39 is 52.7 Å². The van der Waals surface area contributed by atoms with Crippen LogP contribution in [0, 0.1) is 23.3 Å². The number of carbonyl (C=O) groups excluding carboxylic acids is 1. The van der Waals surface area contributed by atoms with E-state index in [-0.39, 0.29) is 29.4 Å². The zero-order valence-corrected chi connectivity index (χ0v) is 19.1. The van der Waals surface area contributed by atoms with Gasteiger partial charge < -0.3 is 10.5 Å². The number of Topliss-reactive ketones (excluding diaryl/α,β-unsaturated/α-hetero) is 1. The summed E-state index contributed by atoms with van der Waals surface area (Å²) in [5, 5.41) is 0. The summed E-state index contributed by atoms with van der Waals surface area (Å²) in [6, 6.07) is 16.5. The Kier molecular flexibility index (Phi) is 7.28. The van der Waals surface area contributed by atoms with Gasteiger partial charge in [0.15, 0.2) is 23.2 Å². The van der Waals surface area contributed by atoms with Gasteiger partial charge in [-0.05, 0) is 6.92 Å². The highest BCUT2D eigenvalue weighted by molar-refractivity contribution is 5.97. The number of ketones is 1. The number of hydrogen-bond donors (Lipinski definition) is 1. The summed E-state index contributed by atoms with van der Waals surface area (Å²) in [7, 11) is 0. The van der Waals surface area contributed by atoms with Gasteiger partial charge in [0.05, 0.1) is 12.3 Å². The molecule has 0 fully saturated rings. The van der Waals surface area contributed by atoms with Crippen LogP contribution in [0.15, 0.2) is 66.9 Å². The van der Waals surface area contributed by atoms with Gasteiger partial charge in [-0.3, -0.25) is 4.79 Å². The number of halogens is 4. The van der Waals surface area contributed by atoms with Crippen molar-refractivity contribution in [1.82, 2.24) is 9.97 Å². The minimum absolute atomic E-state index is 0.0699. The van der Waals surface area contributed by atoms with Crippen molar-refractivity contribution in [2.45, 2.75) is 19.3 Å². The van der Waals surface area contributed by atoms with Crippen LogP contribution in [0.3, 0.4) is 0 Å². The molecule has 36 heavy (non-hydrogen) atoms. The van der Waals surface area contributed by atoms with Gasteiger partial charge in [-0.15, -0.1) is 0 Å². The van der Waals surface area contributed by atoms with Crippen molar-refractivity contribution in [3.05, 3.63) is 107 Å². The van der Waals surface area contributed by atoms with E-state index in [1.54, 1.807) is 48.5 Å². The molecule has 0 saturated heterocycles. The molecule has 0 aliphatic rings. The molecule has 0 radical (unpaired) electrons. The van der Waals surface area contributed by atoms with Gasteiger partial charge in [0.25, 0.3) is 0 Å². The average Bonchev–Trinajstić information content (AvgIpc) is 2.90. The lowest BCUT2D eigenvalue weighted by Crippen LogP contribution is -2.17. The second-order valence-corrected chi connectivity index (χ2v) is 7.88. The first-order chi connectivity index (χ1) is 17.3.